The number of allylic oxidation sites excluding steroid dienone is 2. The second-order valence-electron chi connectivity index (χ2n) is 7.25. The maximum Gasteiger partial charge on any atom is 0.269 e. The summed E-state index contributed by atoms with van der Waals surface area (Å²) in [5.74, 6) is 1.53. The van der Waals surface area contributed by atoms with E-state index in [1.54, 1.807) is 18.2 Å². The van der Waals surface area contributed by atoms with Gasteiger partial charge < -0.3 is 10.1 Å². The Morgan fingerprint density at radius 3 is 2.93 bits per heavy atom. The third-order valence-electron chi connectivity index (χ3n) is 5.55. The number of anilines is 1. The van der Waals surface area contributed by atoms with Crippen LogP contribution in [-0.2, 0) is 0 Å². The lowest BCUT2D eigenvalue weighted by molar-refractivity contribution is -0.384. The van der Waals surface area contributed by atoms with Crippen molar-refractivity contribution in [1.82, 2.24) is 0 Å². The normalized spacial score (nSPS) is 22.6. The lowest BCUT2D eigenvalue weighted by Crippen LogP contribution is -2.29. The molecule has 3 atom stereocenters. The van der Waals surface area contributed by atoms with E-state index in [0.29, 0.717) is 18.4 Å². The van der Waals surface area contributed by atoms with Gasteiger partial charge in [-0.3, -0.25) is 10.1 Å². The van der Waals surface area contributed by atoms with Gasteiger partial charge in [-0.15, -0.1) is 0 Å². The van der Waals surface area contributed by atoms with E-state index in [0.717, 1.165) is 36.3 Å². The van der Waals surface area contributed by atoms with Crippen molar-refractivity contribution in [3.05, 3.63) is 75.9 Å². The van der Waals surface area contributed by atoms with Gasteiger partial charge in [0, 0.05) is 18.1 Å². The van der Waals surface area contributed by atoms with Crippen LogP contribution >= 0.6 is 0 Å². The van der Waals surface area contributed by atoms with E-state index in [2.05, 4.69) is 36.5 Å². The number of para-hydroxylation sites is 1. The summed E-state index contributed by atoms with van der Waals surface area (Å²) in [5, 5.41) is 14.9. The van der Waals surface area contributed by atoms with Crippen molar-refractivity contribution in [2.75, 3.05) is 11.9 Å². The lowest BCUT2D eigenvalue weighted by Gasteiger charge is -2.38. The predicted octanol–water partition coefficient (Wildman–Crippen LogP) is 5.60. The number of fused-ring (bicyclic) bond motifs is 3. The van der Waals surface area contributed by atoms with Crippen LogP contribution in [0.2, 0.25) is 0 Å². The smallest absolute Gasteiger partial charge is 0.269 e. The molecular weight excluding hydrogens is 340 g/mol. The molecule has 27 heavy (non-hydrogen) atoms. The highest BCUT2D eigenvalue weighted by Crippen LogP contribution is 2.52. The Labute approximate surface area is 159 Å². The van der Waals surface area contributed by atoms with E-state index in [9.17, 15) is 10.1 Å². The zero-order valence-electron chi connectivity index (χ0n) is 15.4. The minimum absolute atomic E-state index is 0.0216. The number of nitro groups is 1. The molecule has 1 aliphatic carbocycles. The van der Waals surface area contributed by atoms with Crippen LogP contribution in [0.5, 0.6) is 5.75 Å². The molecule has 1 N–H and O–H groups in total. The number of hydrogen-bond donors (Lipinski definition) is 1. The van der Waals surface area contributed by atoms with Gasteiger partial charge in [0.2, 0.25) is 0 Å². The fraction of sp³-hybridized carbons (Fsp3) is 0.364. The predicted molar refractivity (Wildman–Crippen MR) is 106 cm³/mol. The van der Waals surface area contributed by atoms with Crippen molar-refractivity contribution >= 4 is 11.4 Å². The molecule has 140 valence electrons. The third kappa shape index (κ3) is 3.29. The van der Waals surface area contributed by atoms with E-state index in [4.69, 9.17) is 4.74 Å². The van der Waals surface area contributed by atoms with Gasteiger partial charge in [-0.05, 0) is 36.0 Å². The van der Waals surface area contributed by atoms with Crippen LogP contribution in [0.15, 0.2) is 54.6 Å². The molecule has 0 fully saturated rings. The minimum atomic E-state index is -0.329. The molecule has 0 spiro atoms. The molecule has 0 radical (unpaired) electrons. The molecule has 0 saturated carbocycles. The van der Waals surface area contributed by atoms with Crippen molar-refractivity contribution < 1.29 is 9.66 Å². The Hall–Kier alpha value is -2.82. The number of nitro benzene ring substituents is 1. The van der Waals surface area contributed by atoms with Crippen LogP contribution in [0.25, 0.3) is 0 Å². The summed E-state index contributed by atoms with van der Waals surface area (Å²) >= 11 is 0. The molecule has 2 aromatic rings. The molecule has 2 aliphatic rings. The Bertz CT molecular complexity index is 878. The van der Waals surface area contributed by atoms with Gasteiger partial charge in [0.25, 0.3) is 5.69 Å². The van der Waals surface area contributed by atoms with Crippen LogP contribution in [0.3, 0.4) is 0 Å². The first-order valence-electron chi connectivity index (χ1n) is 9.62. The molecule has 0 amide bonds. The summed E-state index contributed by atoms with van der Waals surface area (Å²) in [6.45, 7) is 2.84. The van der Waals surface area contributed by atoms with Crippen molar-refractivity contribution in [2.45, 2.75) is 38.1 Å². The summed E-state index contributed by atoms with van der Waals surface area (Å²) in [6, 6.07) is 13.2. The quantitative estimate of drug-likeness (QED) is 0.314. The summed E-state index contributed by atoms with van der Waals surface area (Å²) in [7, 11) is 0. The summed E-state index contributed by atoms with van der Waals surface area (Å²) < 4.78 is 6.04. The first kappa shape index (κ1) is 17.6. The first-order chi connectivity index (χ1) is 13.2. The largest absolute Gasteiger partial charge is 0.491 e. The van der Waals surface area contributed by atoms with E-state index >= 15 is 0 Å². The topological polar surface area (TPSA) is 64.4 Å². The highest BCUT2D eigenvalue weighted by Gasteiger charge is 2.39. The van der Waals surface area contributed by atoms with Gasteiger partial charge in [-0.2, -0.15) is 0 Å². The maximum atomic E-state index is 11.2. The van der Waals surface area contributed by atoms with Crippen LogP contribution in [0, 0.1) is 16.0 Å². The van der Waals surface area contributed by atoms with Crippen molar-refractivity contribution in [1.29, 1.82) is 0 Å². The van der Waals surface area contributed by atoms with Crippen LogP contribution in [0.4, 0.5) is 11.4 Å². The number of ether oxygens (including phenoxy) is 1. The third-order valence-corrected chi connectivity index (χ3v) is 5.55. The lowest BCUT2D eigenvalue weighted by atomic mass is 9.77. The average Bonchev–Trinajstić information content (AvgIpc) is 3.18. The van der Waals surface area contributed by atoms with E-state index in [1.807, 2.05) is 12.1 Å². The summed E-state index contributed by atoms with van der Waals surface area (Å²) in [5.41, 5.74) is 3.37. The number of unbranched alkanes of at least 4 members (excludes halogenated alkanes) is 1. The van der Waals surface area contributed by atoms with E-state index < -0.39 is 0 Å². The van der Waals surface area contributed by atoms with Crippen molar-refractivity contribution in [3.63, 3.8) is 0 Å². The molecule has 0 saturated heterocycles. The highest BCUT2D eigenvalue weighted by molar-refractivity contribution is 5.67. The molecule has 0 bridgehead atoms. The van der Waals surface area contributed by atoms with Crippen molar-refractivity contribution in [2.24, 2.45) is 5.92 Å². The molecule has 1 heterocycles. The highest BCUT2D eigenvalue weighted by atomic mass is 16.6. The molecular formula is C22H24N2O3. The Morgan fingerprint density at radius 2 is 2.11 bits per heavy atom. The van der Waals surface area contributed by atoms with Gasteiger partial charge in [-0.25, -0.2) is 0 Å². The fourth-order valence-electron chi connectivity index (χ4n) is 4.20. The number of benzene rings is 2. The zero-order chi connectivity index (χ0) is 18.8. The van der Waals surface area contributed by atoms with Crippen molar-refractivity contribution in [3.8, 4) is 5.75 Å². The monoisotopic (exact) mass is 364 g/mol. The number of non-ortho nitro benzene ring substituents is 1. The van der Waals surface area contributed by atoms with E-state index in [-0.39, 0.29) is 16.7 Å². The van der Waals surface area contributed by atoms with Gasteiger partial charge >= 0.3 is 0 Å². The molecule has 1 aliphatic heterocycles. The standard InChI is InChI=1S/C22H24N2O3/c1-2-3-13-27-20-12-6-11-19-17-9-5-10-18(17)21(23-22(19)20)15-7-4-8-16(14-15)24(25)26/h4-9,11-12,14,17-18,21,23H,2-3,10,13H2,1H3. The number of hydrogen-bond acceptors (Lipinski definition) is 4. The number of nitrogens with one attached hydrogen (secondary N) is 1. The first-order valence-corrected chi connectivity index (χ1v) is 9.62. The molecule has 5 nitrogen and oxygen atoms in total. The number of nitrogens with zero attached hydrogens (tertiary/aromatic N) is 1. The SMILES string of the molecule is CCCCOc1cccc2c1NC(c1cccc([N+](=O)[O-])c1)C1CC=CC21. The molecule has 5 heteroatoms. The van der Waals surface area contributed by atoms with E-state index in [1.165, 1.54) is 5.56 Å². The van der Waals surface area contributed by atoms with Gasteiger partial charge in [0.15, 0.2) is 0 Å². The summed E-state index contributed by atoms with van der Waals surface area (Å²) in [4.78, 5) is 10.9. The van der Waals surface area contributed by atoms with Gasteiger partial charge in [0.05, 0.1) is 23.3 Å². The second kappa shape index (κ2) is 7.43. The zero-order valence-corrected chi connectivity index (χ0v) is 15.4. The Morgan fingerprint density at radius 1 is 1.26 bits per heavy atom. The minimum Gasteiger partial charge on any atom is -0.491 e. The molecule has 2 aromatic carbocycles. The molecule has 4 rings (SSSR count). The van der Waals surface area contributed by atoms with Crippen LogP contribution in [-0.4, -0.2) is 11.5 Å². The van der Waals surface area contributed by atoms with Gasteiger partial charge in [0.1, 0.15) is 5.75 Å². The van der Waals surface area contributed by atoms with Crippen LogP contribution < -0.4 is 10.1 Å². The Kier molecular flexibility index (Phi) is 4.84. The summed E-state index contributed by atoms with van der Waals surface area (Å²) in [6.07, 6.45) is 7.56. The second-order valence-corrected chi connectivity index (χ2v) is 7.25. The molecule has 3 unspecified atom stereocenters. The maximum absolute atomic E-state index is 11.2. The average molecular weight is 364 g/mol. The fourth-order valence-corrected chi connectivity index (χ4v) is 4.20. The number of rotatable bonds is 6. The Balaban J connectivity index is 1.71. The van der Waals surface area contributed by atoms with Crippen LogP contribution in [0.1, 0.15) is 49.3 Å². The molecule has 0 aromatic heterocycles. The van der Waals surface area contributed by atoms with Gasteiger partial charge in [-0.1, -0.05) is 49.8 Å².